The van der Waals surface area contributed by atoms with Crippen molar-refractivity contribution in [1.29, 1.82) is 0 Å². The summed E-state index contributed by atoms with van der Waals surface area (Å²) in [4.78, 5) is 50.2. The van der Waals surface area contributed by atoms with Crippen LogP contribution in [0.5, 0.6) is 0 Å². The van der Waals surface area contributed by atoms with Gasteiger partial charge in [0.1, 0.15) is 6.29 Å². The summed E-state index contributed by atoms with van der Waals surface area (Å²) < 4.78 is 17.2. The summed E-state index contributed by atoms with van der Waals surface area (Å²) in [5.74, 6) is -3.08. The van der Waals surface area contributed by atoms with Crippen LogP contribution in [0.3, 0.4) is 0 Å². The van der Waals surface area contributed by atoms with Crippen molar-refractivity contribution in [2.24, 2.45) is 0 Å². The molecule has 1 heterocycles. The van der Waals surface area contributed by atoms with E-state index in [0.717, 1.165) is 0 Å². The number of hydrogen-bond acceptors (Lipinski definition) is 9. The van der Waals surface area contributed by atoms with Crippen molar-refractivity contribution < 1.29 is 43.7 Å². The highest BCUT2D eigenvalue weighted by molar-refractivity contribution is 7.52. The van der Waals surface area contributed by atoms with Crippen molar-refractivity contribution in [2.75, 3.05) is 84.9 Å². The number of aliphatic carboxylic acids is 3. The second kappa shape index (κ2) is 13.7. The van der Waals surface area contributed by atoms with Crippen LogP contribution in [0.1, 0.15) is 6.92 Å². The predicted octanol–water partition coefficient (Wildman–Crippen LogP) is -1.36. The third-order valence-corrected chi connectivity index (χ3v) is 6.14. The lowest BCUT2D eigenvalue weighted by Crippen LogP contribution is -2.48. The molecular weight excluding hydrogens is 435 g/mol. The van der Waals surface area contributed by atoms with E-state index in [1.54, 1.807) is 26.5 Å². The Morgan fingerprint density at radius 3 is 1.26 bits per heavy atom. The Morgan fingerprint density at radius 1 is 0.710 bits per heavy atom. The zero-order valence-electron chi connectivity index (χ0n) is 17.8. The summed E-state index contributed by atoms with van der Waals surface area (Å²) in [6.07, 6.45) is -0.256. The van der Waals surface area contributed by atoms with Crippen molar-refractivity contribution in [3.63, 3.8) is 0 Å². The van der Waals surface area contributed by atoms with Gasteiger partial charge < -0.3 is 24.7 Å². The van der Waals surface area contributed by atoms with Crippen molar-refractivity contribution in [2.45, 2.75) is 6.92 Å². The van der Waals surface area contributed by atoms with E-state index in [1.807, 2.05) is 0 Å². The molecule has 0 bridgehead atoms. The van der Waals surface area contributed by atoms with Crippen molar-refractivity contribution >= 4 is 25.5 Å². The summed E-state index contributed by atoms with van der Waals surface area (Å²) in [6, 6.07) is 0. The van der Waals surface area contributed by atoms with Crippen LogP contribution in [0.25, 0.3) is 0 Å². The molecule has 0 saturated carbocycles. The molecule has 1 unspecified atom stereocenters. The van der Waals surface area contributed by atoms with E-state index < -0.39 is 25.5 Å². The van der Waals surface area contributed by atoms with Gasteiger partial charge in [-0.1, -0.05) is 0 Å². The van der Waals surface area contributed by atoms with E-state index in [9.17, 15) is 34.1 Å². The first kappa shape index (κ1) is 27.4. The van der Waals surface area contributed by atoms with Gasteiger partial charge in [0, 0.05) is 52.4 Å². The highest BCUT2D eigenvalue weighted by Gasteiger charge is 2.25. The molecule has 1 fully saturated rings. The number of hydrogen-bond donors (Lipinski definition) is 4. The fourth-order valence-electron chi connectivity index (χ4n) is 3.26. The molecule has 13 nitrogen and oxygen atoms in total. The lowest BCUT2D eigenvalue weighted by Gasteiger charge is -2.33. The Kier molecular flexibility index (Phi) is 12.2. The van der Waals surface area contributed by atoms with E-state index >= 15 is 0 Å². The topological polar surface area (TPSA) is 171 Å². The minimum Gasteiger partial charge on any atom is -0.480 e. The van der Waals surface area contributed by atoms with Crippen LogP contribution in [0.2, 0.25) is 0 Å². The maximum atomic E-state index is 12.2. The van der Waals surface area contributed by atoms with Crippen molar-refractivity contribution in [3.8, 4) is 0 Å². The Hall–Kier alpha value is -1.60. The van der Waals surface area contributed by atoms with Gasteiger partial charge in [0.05, 0.1) is 26.2 Å². The number of carbonyl (C=O) groups is 3. The van der Waals surface area contributed by atoms with Crippen LogP contribution in [-0.2, 0) is 23.5 Å². The molecule has 1 atom stereocenters. The molecule has 4 N–H and O–H groups in total. The maximum absolute atomic E-state index is 12.2. The van der Waals surface area contributed by atoms with Crippen molar-refractivity contribution in [3.05, 3.63) is 0 Å². The molecule has 0 aromatic rings. The number of carboxylic acid groups (broad SMARTS) is 3. The summed E-state index contributed by atoms with van der Waals surface area (Å²) in [5, 5.41) is 27.5. The van der Waals surface area contributed by atoms with Gasteiger partial charge >= 0.3 is 25.5 Å². The first-order valence-electron chi connectivity index (χ1n) is 10.0. The van der Waals surface area contributed by atoms with E-state index in [0.29, 0.717) is 0 Å². The zero-order chi connectivity index (χ0) is 23.4. The first-order chi connectivity index (χ1) is 14.5. The van der Waals surface area contributed by atoms with E-state index in [4.69, 9.17) is 9.63 Å². The smallest absolute Gasteiger partial charge is 0.341 e. The van der Waals surface area contributed by atoms with Gasteiger partial charge in [-0.05, 0) is 6.92 Å². The lowest BCUT2D eigenvalue weighted by molar-refractivity contribution is -0.140. The minimum absolute atomic E-state index is 0.0668. The predicted molar refractivity (Wildman–Crippen MR) is 110 cm³/mol. The van der Waals surface area contributed by atoms with Gasteiger partial charge in [0.2, 0.25) is 0 Å². The van der Waals surface area contributed by atoms with Crippen molar-refractivity contribution in [1.82, 2.24) is 19.6 Å². The Labute approximate surface area is 181 Å². The second-order valence-corrected chi connectivity index (χ2v) is 9.14. The Balaban J connectivity index is 2.99. The lowest BCUT2D eigenvalue weighted by atomic mass is 10.3. The third kappa shape index (κ3) is 12.8. The quantitative estimate of drug-likeness (QED) is 0.277. The molecule has 0 spiro atoms. The van der Waals surface area contributed by atoms with Crippen LogP contribution in [-0.4, -0.2) is 143 Å². The monoisotopic (exact) mass is 468 g/mol. The second-order valence-electron chi connectivity index (χ2n) is 7.32. The maximum Gasteiger partial charge on any atom is 0.341 e. The van der Waals surface area contributed by atoms with Gasteiger partial charge in [0.15, 0.2) is 0 Å². The zero-order valence-corrected chi connectivity index (χ0v) is 18.7. The largest absolute Gasteiger partial charge is 0.480 e. The molecule has 0 amide bonds. The standard InChI is InChI=1S/C17H33N4O9P/c1-2-30-31(28,29)14-21-9-7-19(12-16(24)25)5-3-18(11-15(22)23)4-6-20(8-10-21)13-17(26)27/h2-14H2,1H3,(H,22,23)(H,24,25)(H,26,27)(H,28,29). The molecule has 0 radical (unpaired) electrons. The number of nitrogens with zero attached hydrogens (tertiary/aromatic N) is 4. The van der Waals surface area contributed by atoms with E-state index in [2.05, 4.69) is 0 Å². The number of rotatable bonds is 10. The summed E-state index contributed by atoms with van der Waals surface area (Å²) in [6.45, 7) is 3.17. The molecule has 180 valence electrons. The highest BCUT2D eigenvalue weighted by atomic mass is 31.2. The van der Waals surface area contributed by atoms with Crippen LogP contribution < -0.4 is 0 Å². The fraction of sp³-hybridized carbons (Fsp3) is 0.824. The molecular formula is C17H33N4O9P. The summed E-state index contributed by atoms with van der Waals surface area (Å²) in [7, 11) is -3.88. The normalized spacial score (nSPS) is 21.0. The molecule has 0 aromatic heterocycles. The van der Waals surface area contributed by atoms with Gasteiger partial charge in [-0.15, -0.1) is 0 Å². The third-order valence-electron chi connectivity index (χ3n) is 4.72. The van der Waals surface area contributed by atoms with Gasteiger partial charge in [-0.2, -0.15) is 0 Å². The van der Waals surface area contributed by atoms with Crippen LogP contribution >= 0.6 is 7.60 Å². The molecule has 0 aliphatic carbocycles. The molecule has 1 aliphatic rings. The SMILES string of the molecule is CCOP(=O)(O)CN1CCN(CC(=O)O)CCN(CC(=O)O)CCN(CC(=O)O)CC1. The van der Waals surface area contributed by atoms with Gasteiger partial charge in [-0.3, -0.25) is 38.5 Å². The van der Waals surface area contributed by atoms with E-state index in [1.165, 1.54) is 0 Å². The summed E-state index contributed by atoms with van der Waals surface area (Å²) in [5.41, 5.74) is 0. The fourth-order valence-corrected chi connectivity index (χ4v) is 4.54. The minimum atomic E-state index is -3.88. The Bertz CT molecular complexity index is 619. The van der Waals surface area contributed by atoms with E-state index in [-0.39, 0.29) is 84.9 Å². The van der Waals surface area contributed by atoms with Crippen LogP contribution in [0, 0.1) is 0 Å². The first-order valence-corrected chi connectivity index (χ1v) is 11.8. The molecule has 31 heavy (non-hydrogen) atoms. The average Bonchev–Trinajstić information content (AvgIpc) is 2.62. The number of carboxylic acids is 3. The van der Waals surface area contributed by atoms with Gasteiger partial charge in [0.25, 0.3) is 0 Å². The molecule has 14 heteroatoms. The molecule has 0 aromatic carbocycles. The molecule has 1 aliphatic heterocycles. The highest BCUT2D eigenvalue weighted by Crippen LogP contribution is 2.42. The molecule has 1 saturated heterocycles. The molecule has 1 rings (SSSR count). The Morgan fingerprint density at radius 2 is 1.00 bits per heavy atom. The average molecular weight is 468 g/mol. The van der Waals surface area contributed by atoms with Crippen LogP contribution in [0.15, 0.2) is 0 Å². The van der Waals surface area contributed by atoms with Crippen LogP contribution in [0.4, 0.5) is 0 Å². The summed E-state index contributed by atoms with van der Waals surface area (Å²) >= 11 is 0. The van der Waals surface area contributed by atoms with Gasteiger partial charge in [-0.25, -0.2) is 0 Å².